The van der Waals surface area contributed by atoms with Gasteiger partial charge in [-0.1, -0.05) is 41.9 Å². The fourth-order valence-corrected chi connectivity index (χ4v) is 2.45. The fraction of sp³-hybridized carbons (Fsp3) is 0.105. The molecule has 1 amide bonds. The van der Waals surface area contributed by atoms with Crippen molar-refractivity contribution in [1.82, 2.24) is 15.3 Å². The first-order valence-corrected chi connectivity index (χ1v) is 8.20. The highest BCUT2D eigenvalue weighted by molar-refractivity contribution is 6.30. The number of anilines is 2. The number of carbonyl (C=O) groups excluding carboxylic acids is 1. The highest BCUT2D eigenvalue weighted by Gasteiger charge is 2.13. The van der Waals surface area contributed by atoms with Crippen molar-refractivity contribution in [3.63, 3.8) is 0 Å². The lowest BCUT2D eigenvalue weighted by molar-refractivity contribution is 0.0934. The predicted molar refractivity (Wildman–Crippen MR) is 99.1 cm³/mol. The lowest BCUT2D eigenvalue weighted by Crippen LogP contribution is -2.27. The topological polar surface area (TPSA) is 66.9 Å². The Hall–Kier alpha value is -2.92. The van der Waals surface area contributed by atoms with E-state index in [4.69, 9.17) is 11.6 Å². The molecule has 0 fully saturated rings. The number of hydrogen-bond donors (Lipinski definition) is 2. The average Bonchev–Trinajstić information content (AvgIpc) is 2.64. The van der Waals surface area contributed by atoms with E-state index in [-0.39, 0.29) is 11.9 Å². The number of carbonyl (C=O) groups is 1. The quantitative estimate of drug-likeness (QED) is 0.715. The number of nitrogens with zero attached hydrogens (tertiary/aromatic N) is 2. The summed E-state index contributed by atoms with van der Waals surface area (Å²) in [4.78, 5) is 20.6. The summed E-state index contributed by atoms with van der Waals surface area (Å²) < 4.78 is 0. The number of aromatic nitrogens is 2. The molecule has 0 saturated carbocycles. The van der Waals surface area contributed by atoms with Crippen molar-refractivity contribution in [3.05, 3.63) is 83.3 Å². The molecule has 0 aliphatic rings. The second kappa shape index (κ2) is 7.77. The van der Waals surface area contributed by atoms with Gasteiger partial charge in [0.15, 0.2) is 0 Å². The van der Waals surface area contributed by atoms with Crippen LogP contribution in [0.4, 0.5) is 11.5 Å². The molecule has 1 aromatic heterocycles. The van der Waals surface area contributed by atoms with Gasteiger partial charge in [-0.3, -0.25) is 4.79 Å². The lowest BCUT2D eigenvalue weighted by atomic mass is 10.1. The zero-order valence-corrected chi connectivity index (χ0v) is 14.4. The summed E-state index contributed by atoms with van der Waals surface area (Å²) in [6.45, 7) is 1.93. The van der Waals surface area contributed by atoms with Crippen LogP contribution in [0.3, 0.4) is 0 Å². The molecule has 3 rings (SSSR count). The summed E-state index contributed by atoms with van der Waals surface area (Å²) >= 11 is 5.87. The van der Waals surface area contributed by atoms with E-state index in [9.17, 15) is 4.79 Å². The van der Waals surface area contributed by atoms with Gasteiger partial charge in [0.1, 0.15) is 17.8 Å². The third-order valence-corrected chi connectivity index (χ3v) is 3.92. The van der Waals surface area contributed by atoms with Gasteiger partial charge in [0.25, 0.3) is 5.91 Å². The Morgan fingerprint density at radius 2 is 1.76 bits per heavy atom. The van der Waals surface area contributed by atoms with E-state index in [0.717, 1.165) is 11.3 Å². The second-order valence-corrected chi connectivity index (χ2v) is 5.96. The minimum Gasteiger partial charge on any atom is -0.344 e. The van der Waals surface area contributed by atoms with Crippen molar-refractivity contribution in [1.29, 1.82) is 0 Å². The number of amides is 1. The molecule has 6 heteroatoms. The van der Waals surface area contributed by atoms with Gasteiger partial charge >= 0.3 is 0 Å². The number of nitrogens with one attached hydrogen (secondary N) is 2. The molecular formula is C19H17ClN4O. The molecule has 1 heterocycles. The van der Waals surface area contributed by atoms with E-state index in [1.807, 2.05) is 49.4 Å². The normalized spacial score (nSPS) is 11.6. The first-order chi connectivity index (χ1) is 12.1. The summed E-state index contributed by atoms with van der Waals surface area (Å²) in [7, 11) is 0. The van der Waals surface area contributed by atoms with Gasteiger partial charge in [-0.25, -0.2) is 9.97 Å². The van der Waals surface area contributed by atoms with Gasteiger partial charge in [0.2, 0.25) is 0 Å². The van der Waals surface area contributed by atoms with Crippen LogP contribution < -0.4 is 10.6 Å². The minimum atomic E-state index is -0.252. The highest BCUT2D eigenvalue weighted by atomic mass is 35.5. The van der Waals surface area contributed by atoms with Crippen LogP contribution in [-0.4, -0.2) is 15.9 Å². The predicted octanol–water partition coefficient (Wildman–Crippen LogP) is 4.36. The Bertz CT molecular complexity index is 853. The highest BCUT2D eigenvalue weighted by Crippen LogP contribution is 2.18. The van der Waals surface area contributed by atoms with E-state index < -0.39 is 0 Å². The maximum Gasteiger partial charge on any atom is 0.270 e. The van der Waals surface area contributed by atoms with Gasteiger partial charge in [0.05, 0.1) is 6.04 Å². The van der Waals surface area contributed by atoms with E-state index in [1.165, 1.54) is 6.33 Å². The van der Waals surface area contributed by atoms with Crippen LogP contribution in [0.2, 0.25) is 5.02 Å². The zero-order chi connectivity index (χ0) is 17.6. The van der Waals surface area contributed by atoms with Crippen molar-refractivity contribution in [3.8, 4) is 0 Å². The first-order valence-electron chi connectivity index (χ1n) is 7.82. The van der Waals surface area contributed by atoms with Crippen molar-refractivity contribution >= 4 is 29.0 Å². The Labute approximate surface area is 151 Å². The number of hydrogen-bond acceptors (Lipinski definition) is 4. The molecule has 3 aromatic rings. The molecule has 1 atom stereocenters. The SMILES string of the molecule is CC(NC(=O)c1cc(Nc2ccc(Cl)cc2)ncn1)c1ccccc1. The van der Waals surface area contributed by atoms with Crippen LogP contribution in [-0.2, 0) is 0 Å². The van der Waals surface area contributed by atoms with Crippen molar-refractivity contribution < 1.29 is 4.79 Å². The molecule has 0 saturated heterocycles. The average molecular weight is 353 g/mol. The first kappa shape index (κ1) is 16.9. The third kappa shape index (κ3) is 4.55. The van der Waals surface area contributed by atoms with Crippen molar-refractivity contribution in [2.75, 3.05) is 5.32 Å². The van der Waals surface area contributed by atoms with Gasteiger partial charge < -0.3 is 10.6 Å². The monoisotopic (exact) mass is 352 g/mol. The molecule has 0 aliphatic carbocycles. The maximum absolute atomic E-state index is 12.4. The Kier molecular flexibility index (Phi) is 5.26. The van der Waals surface area contributed by atoms with E-state index >= 15 is 0 Å². The molecular weight excluding hydrogens is 336 g/mol. The van der Waals surface area contributed by atoms with Crippen LogP contribution in [0.1, 0.15) is 29.0 Å². The number of benzene rings is 2. The Morgan fingerprint density at radius 1 is 1.04 bits per heavy atom. The number of rotatable bonds is 5. The summed E-state index contributed by atoms with van der Waals surface area (Å²) in [5, 5.41) is 6.71. The van der Waals surface area contributed by atoms with E-state index in [1.54, 1.807) is 18.2 Å². The second-order valence-electron chi connectivity index (χ2n) is 5.53. The maximum atomic E-state index is 12.4. The summed E-state index contributed by atoms with van der Waals surface area (Å²) in [6, 6.07) is 18.5. The van der Waals surface area contributed by atoms with Gasteiger partial charge in [-0.15, -0.1) is 0 Å². The number of halogens is 1. The van der Waals surface area contributed by atoms with Crippen LogP contribution in [0.25, 0.3) is 0 Å². The molecule has 25 heavy (non-hydrogen) atoms. The van der Waals surface area contributed by atoms with Gasteiger partial charge in [-0.05, 0) is 36.8 Å². The molecule has 0 aliphatic heterocycles. The van der Waals surface area contributed by atoms with Gasteiger partial charge in [0, 0.05) is 16.8 Å². The van der Waals surface area contributed by atoms with Crippen LogP contribution in [0, 0.1) is 0 Å². The van der Waals surface area contributed by atoms with Crippen molar-refractivity contribution in [2.24, 2.45) is 0 Å². The van der Waals surface area contributed by atoms with E-state index in [2.05, 4.69) is 20.6 Å². The van der Waals surface area contributed by atoms with Crippen LogP contribution in [0.15, 0.2) is 67.0 Å². The van der Waals surface area contributed by atoms with Crippen LogP contribution >= 0.6 is 11.6 Å². The fourth-order valence-electron chi connectivity index (χ4n) is 2.33. The molecule has 0 spiro atoms. The summed E-state index contributed by atoms with van der Waals surface area (Å²) in [5.74, 6) is 0.285. The largest absolute Gasteiger partial charge is 0.344 e. The molecule has 0 bridgehead atoms. The summed E-state index contributed by atoms with van der Waals surface area (Å²) in [5.41, 5.74) is 2.16. The lowest BCUT2D eigenvalue weighted by Gasteiger charge is -2.14. The Morgan fingerprint density at radius 3 is 2.48 bits per heavy atom. The molecule has 5 nitrogen and oxygen atoms in total. The molecule has 0 radical (unpaired) electrons. The minimum absolute atomic E-state index is 0.115. The smallest absolute Gasteiger partial charge is 0.270 e. The summed E-state index contributed by atoms with van der Waals surface area (Å²) in [6.07, 6.45) is 1.36. The molecule has 2 aromatic carbocycles. The molecule has 126 valence electrons. The van der Waals surface area contributed by atoms with Crippen LogP contribution in [0.5, 0.6) is 0 Å². The zero-order valence-electron chi connectivity index (χ0n) is 13.6. The van der Waals surface area contributed by atoms with Crippen molar-refractivity contribution in [2.45, 2.75) is 13.0 Å². The third-order valence-electron chi connectivity index (χ3n) is 3.66. The standard InChI is InChI=1S/C19H17ClN4O/c1-13(14-5-3-2-4-6-14)23-19(25)17-11-18(22-12-21-17)24-16-9-7-15(20)8-10-16/h2-13H,1H3,(H,23,25)(H,21,22,24). The molecule has 1 unspecified atom stereocenters. The molecule has 2 N–H and O–H groups in total. The Balaban J connectivity index is 1.70. The van der Waals surface area contributed by atoms with Gasteiger partial charge in [-0.2, -0.15) is 0 Å². The van der Waals surface area contributed by atoms with E-state index in [0.29, 0.717) is 16.5 Å².